The first-order valence-corrected chi connectivity index (χ1v) is 18.5. The summed E-state index contributed by atoms with van der Waals surface area (Å²) in [6, 6.07) is 10.8. The maximum atomic E-state index is 13.2. The number of likely N-dealkylation sites (tertiary alicyclic amines) is 1. The summed E-state index contributed by atoms with van der Waals surface area (Å²) in [7, 11) is -4.20. The van der Waals surface area contributed by atoms with Crippen molar-refractivity contribution in [1.82, 2.24) is 24.4 Å². The van der Waals surface area contributed by atoms with Crippen LogP contribution < -0.4 is 9.46 Å². The summed E-state index contributed by atoms with van der Waals surface area (Å²) in [5.41, 5.74) is -0.656. The molecule has 9 nitrogen and oxygen atoms in total. The highest BCUT2D eigenvalue weighted by Gasteiger charge is 2.62. The van der Waals surface area contributed by atoms with E-state index in [1.54, 1.807) is 12.1 Å². The fourth-order valence-corrected chi connectivity index (χ4v) is 8.31. The molecule has 49 heavy (non-hydrogen) atoms. The molecule has 5 rings (SSSR count). The summed E-state index contributed by atoms with van der Waals surface area (Å²) in [6.07, 6.45) is 2.26. The van der Waals surface area contributed by atoms with Gasteiger partial charge in [-0.05, 0) is 115 Å². The fraction of sp³-hybridized carbons (Fsp3) is 0.571. The van der Waals surface area contributed by atoms with Crippen molar-refractivity contribution in [2.24, 2.45) is 11.3 Å². The van der Waals surface area contributed by atoms with E-state index in [9.17, 15) is 26.4 Å². The van der Waals surface area contributed by atoms with Gasteiger partial charge in [-0.25, -0.2) is 22.8 Å². The number of rotatable bonds is 13. The third-order valence-corrected chi connectivity index (χ3v) is 11.3. The summed E-state index contributed by atoms with van der Waals surface area (Å²) in [4.78, 5) is 19.7. The topological polar surface area (TPSA) is 106 Å². The molecule has 3 aromatic rings. The molecule has 2 fully saturated rings. The molecule has 1 aromatic carbocycles. The zero-order valence-corrected chi connectivity index (χ0v) is 30.2. The normalized spacial score (nSPS) is 19.2. The molecular weight excluding hydrogens is 679 g/mol. The number of unbranched alkanes of at least 4 members (excludes halogenated alkanes) is 1. The molecule has 1 unspecified atom stereocenters. The monoisotopic (exact) mass is 723 g/mol. The Bertz CT molecular complexity index is 1770. The van der Waals surface area contributed by atoms with Crippen molar-refractivity contribution in [2.75, 3.05) is 13.2 Å². The van der Waals surface area contributed by atoms with Gasteiger partial charge in [0.2, 0.25) is 5.88 Å². The van der Waals surface area contributed by atoms with Gasteiger partial charge in [-0.3, -0.25) is 9.69 Å². The Balaban J connectivity index is 1.13. The standard InChI is InChI=1S/C35H45ClF3N5O4S/c1-32(2,3)44-23-25(22-33(44,4)5)10-7-6-9-24-11-8-12-26(21-24)49(46,47)42-31(45)27-13-14-28(40-30(27)36)43-19-15-29(41-43)48-20-18-34(16-17-34)35(37,38)39/h8,11-15,19,21,25H,6-7,9-10,16-18,20,22-23H2,1-5H3,(H,42,45). The number of benzene rings is 1. The number of amides is 1. The highest BCUT2D eigenvalue weighted by atomic mass is 35.5. The van der Waals surface area contributed by atoms with Crippen LogP contribution in [0.1, 0.15) is 95.5 Å². The number of alkyl halides is 3. The van der Waals surface area contributed by atoms with Crippen LogP contribution >= 0.6 is 11.6 Å². The van der Waals surface area contributed by atoms with Crippen molar-refractivity contribution in [3.63, 3.8) is 0 Å². The van der Waals surface area contributed by atoms with Gasteiger partial charge in [0.1, 0.15) is 5.15 Å². The van der Waals surface area contributed by atoms with Crippen LogP contribution in [0.15, 0.2) is 53.6 Å². The molecule has 1 saturated heterocycles. The number of aryl methyl sites for hydroxylation is 1. The summed E-state index contributed by atoms with van der Waals surface area (Å²) < 4.78 is 74.6. The molecule has 1 aliphatic heterocycles. The highest BCUT2D eigenvalue weighted by molar-refractivity contribution is 7.90. The van der Waals surface area contributed by atoms with Gasteiger partial charge in [0.15, 0.2) is 5.82 Å². The Kier molecular flexibility index (Phi) is 10.5. The zero-order valence-electron chi connectivity index (χ0n) is 28.6. The summed E-state index contributed by atoms with van der Waals surface area (Å²) >= 11 is 6.28. The number of ether oxygens (including phenoxy) is 1. The number of nitrogens with zero attached hydrogens (tertiary/aromatic N) is 4. The average Bonchev–Trinajstić information content (AvgIpc) is 3.54. The quantitative estimate of drug-likeness (QED) is 0.142. The van der Waals surface area contributed by atoms with Crippen LogP contribution in [0.3, 0.4) is 0 Å². The lowest BCUT2D eigenvalue weighted by molar-refractivity contribution is -0.190. The molecule has 1 N–H and O–H groups in total. The van der Waals surface area contributed by atoms with Gasteiger partial charge in [-0.2, -0.15) is 13.2 Å². The smallest absolute Gasteiger partial charge is 0.394 e. The molecule has 268 valence electrons. The van der Waals surface area contributed by atoms with Gasteiger partial charge < -0.3 is 4.74 Å². The number of sulfonamides is 1. The third-order valence-electron chi connectivity index (χ3n) is 9.70. The van der Waals surface area contributed by atoms with Gasteiger partial charge in [0, 0.05) is 29.9 Å². The van der Waals surface area contributed by atoms with Crippen LogP contribution in [0.5, 0.6) is 5.88 Å². The number of carbonyl (C=O) groups excluding carboxylic acids is 1. The van der Waals surface area contributed by atoms with Crippen molar-refractivity contribution in [3.8, 4) is 11.7 Å². The summed E-state index contributed by atoms with van der Waals surface area (Å²) in [5, 5.41) is 3.91. The van der Waals surface area contributed by atoms with Crippen LogP contribution in [0.25, 0.3) is 5.82 Å². The number of pyridine rings is 1. The van der Waals surface area contributed by atoms with E-state index < -0.39 is 27.5 Å². The average molecular weight is 724 g/mol. The van der Waals surface area contributed by atoms with Gasteiger partial charge in [0.05, 0.1) is 22.5 Å². The second-order valence-corrected chi connectivity index (χ2v) is 17.0. The first kappa shape index (κ1) is 37.1. The van der Waals surface area contributed by atoms with Crippen LogP contribution in [-0.2, 0) is 16.4 Å². The minimum atomic E-state index is -4.25. The number of aromatic nitrogens is 3. The molecule has 2 aromatic heterocycles. The number of carbonyl (C=O) groups is 1. The lowest BCUT2D eigenvalue weighted by atomic mass is 9.91. The van der Waals surface area contributed by atoms with Gasteiger partial charge in [0.25, 0.3) is 15.9 Å². The first-order valence-electron chi connectivity index (χ1n) is 16.7. The number of halogens is 4. The summed E-state index contributed by atoms with van der Waals surface area (Å²) in [6.45, 7) is 12.4. The Morgan fingerprint density at radius 2 is 1.84 bits per heavy atom. The molecular formula is C35H45ClF3N5O4S. The van der Waals surface area contributed by atoms with E-state index in [1.807, 2.05) is 6.07 Å². The van der Waals surface area contributed by atoms with E-state index in [0.29, 0.717) is 5.92 Å². The van der Waals surface area contributed by atoms with E-state index in [1.165, 1.54) is 35.1 Å². The Morgan fingerprint density at radius 1 is 1.10 bits per heavy atom. The van der Waals surface area contributed by atoms with Crippen LogP contribution in [0.2, 0.25) is 5.15 Å². The van der Waals surface area contributed by atoms with Crippen molar-refractivity contribution >= 4 is 27.5 Å². The highest BCUT2D eigenvalue weighted by Crippen LogP contribution is 2.59. The maximum Gasteiger partial charge on any atom is 0.394 e. The molecule has 14 heteroatoms. The Labute approximate surface area is 291 Å². The van der Waals surface area contributed by atoms with E-state index in [4.69, 9.17) is 16.3 Å². The predicted octanol–water partition coefficient (Wildman–Crippen LogP) is 7.76. The predicted molar refractivity (Wildman–Crippen MR) is 181 cm³/mol. The number of hydrogen-bond acceptors (Lipinski definition) is 7. The van der Waals surface area contributed by atoms with Crippen LogP contribution in [0, 0.1) is 11.3 Å². The molecule has 1 amide bonds. The molecule has 1 aliphatic carbocycles. The largest absolute Gasteiger partial charge is 0.477 e. The Hall–Kier alpha value is -3.16. The van der Waals surface area contributed by atoms with E-state index in [-0.39, 0.29) is 64.3 Å². The van der Waals surface area contributed by atoms with E-state index in [2.05, 4.69) is 54.3 Å². The molecule has 1 atom stereocenters. The third kappa shape index (κ3) is 8.78. The molecule has 0 spiro atoms. The molecule has 2 aliphatic rings. The molecule has 3 heterocycles. The van der Waals surface area contributed by atoms with E-state index >= 15 is 0 Å². The van der Waals surface area contributed by atoms with Crippen LogP contribution in [-0.4, -0.2) is 64.4 Å². The van der Waals surface area contributed by atoms with Crippen molar-refractivity contribution in [1.29, 1.82) is 0 Å². The second-order valence-electron chi connectivity index (χ2n) is 15.0. The van der Waals surface area contributed by atoms with Gasteiger partial charge in [-0.15, -0.1) is 5.10 Å². The number of nitrogens with one attached hydrogen (secondary N) is 1. The molecule has 0 bridgehead atoms. The van der Waals surface area contributed by atoms with Gasteiger partial charge >= 0.3 is 6.18 Å². The minimum Gasteiger partial charge on any atom is -0.477 e. The minimum absolute atomic E-state index is 0.0238. The lowest BCUT2D eigenvalue weighted by Crippen LogP contribution is -2.50. The second kappa shape index (κ2) is 13.9. The number of hydrogen-bond donors (Lipinski definition) is 1. The zero-order chi connectivity index (χ0) is 35.8. The maximum absolute atomic E-state index is 13.2. The van der Waals surface area contributed by atoms with Gasteiger partial charge in [-0.1, -0.05) is 30.2 Å². The fourth-order valence-electron chi connectivity index (χ4n) is 7.04. The van der Waals surface area contributed by atoms with Crippen LogP contribution in [0.4, 0.5) is 13.2 Å². The SMILES string of the molecule is CC(C)(C)N1CC(CCCCc2cccc(S(=O)(=O)NC(=O)c3ccc(-n4ccc(OCCC5(C(F)(F)F)CC5)n4)nc3Cl)c2)CC1(C)C. The van der Waals surface area contributed by atoms with Crippen molar-refractivity contribution in [2.45, 2.75) is 108 Å². The van der Waals surface area contributed by atoms with Crippen molar-refractivity contribution < 1.29 is 31.1 Å². The molecule has 1 saturated carbocycles. The first-order chi connectivity index (χ1) is 22.8. The van der Waals surface area contributed by atoms with E-state index in [0.717, 1.165) is 44.2 Å². The summed E-state index contributed by atoms with van der Waals surface area (Å²) in [5.74, 6) is -0.00108. The lowest BCUT2D eigenvalue weighted by Gasteiger charge is -2.42. The van der Waals surface area contributed by atoms with Crippen molar-refractivity contribution in [3.05, 3.63) is 64.9 Å². The Morgan fingerprint density at radius 3 is 2.47 bits per heavy atom. The molecule has 0 radical (unpaired) electrons.